The van der Waals surface area contributed by atoms with Crippen molar-refractivity contribution in [2.45, 2.75) is 39.7 Å². The van der Waals surface area contributed by atoms with Gasteiger partial charge in [-0.1, -0.05) is 51.1 Å². The molecule has 1 aromatic carbocycles. The molecule has 0 saturated carbocycles. The van der Waals surface area contributed by atoms with E-state index in [0.29, 0.717) is 6.04 Å². The Kier molecular flexibility index (Phi) is 7.19. The first-order valence-corrected chi connectivity index (χ1v) is 7.30. The molecule has 2 N–H and O–H groups in total. The summed E-state index contributed by atoms with van der Waals surface area (Å²) in [6.45, 7) is 9.31. The Bertz CT molecular complexity index is 369. The van der Waals surface area contributed by atoms with E-state index in [2.05, 4.69) is 61.0 Å². The molecular formula is C16H27N3. The topological polar surface area (TPSA) is 41.6 Å². The number of aliphatic imine (C=N–C) groups is 1. The number of nitrogens with two attached hydrogens (primary N) is 1. The summed E-state index contributed by atoms with van der Waals surface area (Å²) < 4.78 is 0. The summed E-state index contributed by atoms with van der Waals surface area (Å²) in [5, 5.41) is 0. The molecule has 0 aliphatic carbocycles. The van der Waals surface area contributed by atoms with Crippen molar-refractivity contribution < 1.29 is 0 Å². The second-order valence-corrected chi connectivity index (χ2v) is 4.73. The number of likely N-dealkylation sites (N-methyl/N-ethyl adjacent to an activating group) is 1. The molecule has 0 aliphatic rings. The van der Waals surface area contributed by atoms with Crippen LogP contribution in [0.1, 0.15) is 45.2 Å². The maximum absolute atomic E-state index is 5.93. The summed E-state index contributed by atoms with van der Waals surface area (Å²) in [6, 6.07) is 10.9. The molecule has 0 aliphatic heterocycles. The molecule has 1 unspecified atom stereocenters. The van der Waals surface area contributed by atoms with Crippen molar-refractivity contribution in [1.82, 2.24) is 4.90 Å². The van der Waals surface area contributed by atoms with Gasteiger partial charge in [-0.25, -0.2) is 0 Å². The molecule has 0 aromatic heterocycles. The van der Waals surface area contributed by atoms with Crippen molar-refractivity contribution in [2.75, 3.05) is 19.6 Å². The van der Waals surface area contributed by atoms with E-state index in [-0.39, 0.29) is 0 Å². The summed E-state index contributed by atoms with van der Waals surface area (Å²) in [4.78, 5) is 6.99. The van der Waals surface area contributed by atoms with Crippen LogP contribution >= 0.6 is 0 Å². The van der Waals surface area contributed by atoms with Crippen LogP contribution in [0.5, 0.6) is 0 Å². The Balaban J connectivity index is 2.84. The molecule has 1 aromatic rings. The zero-order valence-electron chi connectivity index (χ0n) is 12.5. The van der Waals surface area contributed by atoms with E-state index in [0.717, 1.165) is 38.3 Å². The number of benzene rings is 1. The van der Waals surface area contributed by atoms with Gasteiger partial charge in [-0.2, -0.15) is 0 Å². The lowest BCUT2D eigenvalue weighted by molar-refractivity contribution is 0.224. The van der Waals surface area contributed by atoms with Gasteiger partial charge in [-0.3, -0.25) is 9.89 Å². The molecule has 1 rings (SSSR count). The predicted molar refractivity (Wildman–Crippen MR) is 83.5 cm³/mol. The summed E-state index contributed by atoms with van der Waals surface area (Å²) >= 11 is 0. The van der Waals surface area contributed by atoms with Crippen LogP contribution < -0.4 is 5.73 Å². The van der Waals surface area contributed by atoms with Gasteiger partial charge in [0.1, 0.15) is 0 Å². The Hall–Kier alpha value is -1.35. The van der Waals surface area contributed by atoms with Crippen LogP contribution in [0.3, 0.4) is 0 Å². The second-order valence-electron chi connectivity index (χ2n) is 4.73. The van der Waals surface area contributed by atoms with Gasteiger partial charge in [0.15, 0.2) is 0 Å². The summed E-state index contributed by atoms with van der Waals surface area (Å²) in [5.74, 6) is 0.774. The Morgan fingerprint density at radius 1 is 1.16 bits per heavy atom. The Morgan fingerprint density at radius 3 is 2.32 bits per heavy atom. The molecule has 0 radical (unpaired) electrons. The molecule has 0 heterocycles. The Labute approximate surface area is 117 Å². The van der Waals surface area contributed by atoms with Crippen LogP contribution in [-0.2, 0) is 0 Å². The molecule has 0 saturated heterocycles. The van der Waals surface area contributed by atoms with E-state index >= 15 is 0 Å². The highest BCUT2D eigenvalue weighted by atomic mass is 15.2. The van der Waals surface area contributed by atoms with E-state index in [4.69, 9.17) is 5.73 Å². The minimum Gasteiger partial charge on any atom is -0.387 e. The molecule has 0 spiro atoms. The quantitative estimate of drug-likeness (QED) is 0.576. The minimum atomic E-state index is 0.326. The number of hydrogen-bond acceptors (Lipinski definition) is 2. The zero-order valence-corrected chi connectivity index (χ0v) is 12.5. The predicted octanol–water partition coefficient (Wildman–Crippen LogP) is 3.23. The van der Waals surface area contributed by atoms with Crippen molar-refractivity contribution in [1.29, 1.82) is 0 Å². The average molecular weight is 261 g/mol. The maximum atomic E-state index is 5.93. The third-order valence-corrected chi connectivity index (χ3v) is 3.41. The maximum Gasteiger partial charge on any atom is 0.0937 e. The Morgan fingerprint density at radius 2 is 1.79 bits per heavy atom. The van der Waals surface area contributed by atoms with Crippen LogP contribution in [0.4, 0.5) is 0 Å². The smallest absolute Gasteiger partial charge is 0.0937 e. The van der Waals surface area contributed by atoms with E-state index in [1.54, 1.807) is 0 Å². The standard InChI is InChI=1S/C16H27N3/c1-4-10-16(17)18-13-15(19(5-2)6-3)14-11-8-7-9-12-14/h7-9,11-12,15H,4-6,10,13H2,1-3H3,(H2,17,18). The van der Waals surface area contributed by atoms with Crippen LogP contribution in [0.2, 0.25) is 0 Å². The van der Waals surface area contributed by atoms with Crippen molar-refractivity contribution in [3.63, 3.8) is 0 Å². The van der Waals surface area contributed by atoms with Crippen molar-refractivity contribution >= 4 is 5.84 Å². The van der Waals surface area contributed by atoms with E-state index in [1.165, 1.54) is 5.56 Å². The first-order chi connectivity index (χ1) is 9.22. The van der Waals surface area contributed by atoms with Crippen LogP contribution in [0.25, 0.3) is 0 Å². The molecule has 0 fully saturated rings. The second kappa shape index (κ2) is 8.70. The molecule has 3 heteroatoms. The molecule has 106 valence electrons. The van der Waals surface area contributed by atoms with Crippen LogP contribution in [-0.4, -0.2) is 30.4 Å². The third-order valence-electron chi connectivity index (χ3n) is 3.41. The molecule has 0 bridgehead atoms. The van der Waals surface area contributed by atoms with Gasteiger partial charge in [0.2, 0.25) is 0 Å². The van der Waals surface area contributed by atoms with Gasteiger partial charge in [-0.05, 0) is 25.1 Å². The summed E-state index contributed by atoms with van der Waals surface area (Å²) in [6.07, 6.45) is 1.94. The average Bonchev–Trinajstić information content (AvgIpc) is 2.44. The largest absolute Gasteiger partial charge is 0.387 e. The number of hydrogen-bond donors (Lipinski definition) is 1. The molecule has 19 heavy (non-hydrogen) atoms. The van der Waals surface area contributed by atoms with Crippen molar-refractivity contribution in [3.8, 4) is 0 Å². The van der Waals surface area contributed by atoms with E-state index in [1.807, 2.05) is 0 Å². The zero-order chi connectivity index (χ0) is 14.1. The van der Waals surface area contributed by atoms with E-state index in [9.17, 15) is 0 Å². The lowest BCUT2D eigenvalue weighted by Crippen LogP contribution is -2.31. The van der Waals surface area contributed by atoms with Gasteiger partial charge in [-0.15, -0.1) is 0 Å². The first-order valence-electron chi connectivity index (χ1n) is 7.30. The van der Waals surface area contributed by atoms with Gasteiger partial charge in [0.05, 0.1) is 18.4 Å². The summed E-state index contributed by atoms with van der Waals surface area (Å²) in [5.41, 5.74) is 7.24. The lowest BCUT2D eigenvalue weighted by Gasteiger charge is -2.29. The third kappa shape index (κ3) is 5.03. The highest BCUT2D eigenvalue weighted by Gasteiger charge is 2.17. The molecule has 1 atom stereocenters. The first kappa shape index (κ1) is 15.7. The van der Waals surface area contributed by atoms with E-state index < -0.39 is 0 Å². The van der Waals surface area contributed by atoms with Gasteiger partial charge < -0.3 is 5.73 Å². The van der Waals surface area contributed by atoms with Crippen molar-refractivity contribution in [3.05, 3.63) is 35.9 Å². The normalized spacial score (nSPS) is 13.8. The summed E-state index contributed by atoms with van der Waals surface area (Å²) in [7, 11) is 0. The number of rotatable bonds is 8. The number of amidine groups is 1. The van der Waals surface area contributed by atoms with Crippen LogP contribution in [0.15, 0.2) is 35.3 Å². The highest BCUT2D eigenvalue weighted by molar-refractivity contribution is 5.80. The fourth-order valence-electron chi connectivity index (χ4n) is 2.31. The van der Waals surface area contributed by atoms with Crippen LogP contribution in [0, 0.1) is 0 Å². The lowest BCUT2D eigenvalue weighted by atomic mass is 10.1. The number of nitrogens with zero attached hydrogens (tertiary/aromatic N) is 2. The minimum absolute atomic E-state index is 0.326. The highest BCUT2D eigenvalue weighted by Crippen LogP contribution is 2.20. The van der Waals surface area contributed by atoms with Gasteiger partial charge >= 0.3 is 0 Å². The van der Waals surface area contributed by atoms with Crippen molar-refractivity contribution in [2.24, 2.45) is 10.7 Å². The molecular weight excluding hydrogens is 234 g/mol. The molecule has 3 nitrogen and oxygen atoms in total. The van der Waals surface area contributed by atoms with Gasteiger partial charge in [0.25, 0.3) is 0 Å². The fourth-order valence-corrected chi connectivity index (χ4v) is 2.31. The molecule has 0 amide bonds. The fraction of sp³-hybridized carbons (Fsp3) is 0.562. The van der Waals surface area contributed by atoms with Gasteiger partial charge in [0, 0.05) is 6.42 Å². The monoisotopic (exact) mass is 261 g/mol. The SMILES string of the molecule is CCCC(N)=NCC(c1ccccc1)N(CC)CC.